The molecule has 0 aromatic heterocycles. The lowest BCUT2D eigenvalue weighted by atomic mass is 10.2. The van der Waals surface area contributed by atoms with Gasteiger partial charge in [0.1, 0.15) is 5.75 Å². The second-order valence-electron chi connectivity index (χ2n) is 7.77. The number of thioether (sulfide) groups is 2. The molecule has 2 fully saturated rings. The van der Waals surface area contributed by atoms with Crippen molar-refractivity contribution in [2.75, 3.05) is 61.1 Å². The Hall–Kier alpha value is -1.83. The lowest BCUT2D eigenvalue weighted by Crippen LogP contribution is -2.46. The molecule has 0 aliphatic carbocycles. The van der Waals surface area contributed by atoms with Gasteiger partial charge in [-0.2, -0.15) is 0 Å². The summed E-state index contributed by atoms with van der Waals surface area (Å²) in [6.45, 7) is 7.34. The number of rotatable bonds is 7. The molecule has 5 nitrogen and oxygen atoms in total. The van der Waals surface area contributed by atoms with Crippen molar-refractivity contribution in [3.63, 3.8) is 0 Å². The fraction of sp³-hybridized carbons (Fsp3) is 0.458. The molecule has 0 saturated carbocycles. The maximum Gasteiger partial charge on any atom is 0.262 e. The van der Waals surface area contributed by atoms with Crippen LogP contribution in [0.1, 0.15) is 23.5 Å². The number of carbonyl (C=O) groups excluding carboxylic acids is 1. The minimum Gasteiger partial charge on any atom is -0.484 e. The van der Waals surface area contributed by atoms with Gasteiger partial charge in [0, 0.05) is 26.2 Å². The number of hydrogen-bond donors (Lipinski definition) is 1. The zero-order valence-electron chi connectivity index (χ0n) is 18.1. The van der Waals surface area contributed by atoms with Gasteiger partial charge in [0.2, 0.25) is 0 Å². The summed E-state index contributed by atoms with van der Waals surface area (Å²) in [5, 5.41) is 3.04. The molecule has 1 amide bonds. The molecular formula is C24H31N3O2S2. The number of nitrogens with zero attached hydrogens (tertiary/aromatic N) is 2. The highest BCUT2D eigenvalue weighted by molar-refractivity contribution is 8.16. The molecule has 166 valence electrons. The average Bonchev–Trinajstić information content (AvgIpc) is 2.84. The Labute approximate surface area is 193 Å². The Balaban J connectivity index is 1.30. The van der Waals surface area contributed by atoms with Gasteiger partial charge in [0.05, 0.1) is 16.0 Å². The predicted molar refractivity (Wildman–Crippen MR) is 134 cm³/mol. The first-order valence-corrected chi connectivity index (χ1v) is 13.1. The molecule has 2 saturated heterocycles. The Morgan fingerprint density at radius 1 is 1.03 bits per heavy atom. The Morgan fingerprint density at radius 3 is 2.45 bits per heavy atom. The zero-order chi connectivity index (χ0) is 21.5. The van der Waals surface area contributed by atoms with Gasteiger partial charge in [0.15, 0.2) is 6.61 Å². The van der Waals surface area contributed by atoms with E-state index in [1.165, 1.54) is 23.5 Å². The van der Waals surface area contributed by atoms with E-state index >= 15 is 0 Å². The summed E-state index contributed by atoms with van der Waals surface area (Å²) in [6.07, 6.45) is 1.29. The summed E-state index contributed by atoms with van der Waals surface area (Å²) in [5.41, 5.74) is 3.25. The zero-order valence-corrected chi connectivity index (χ0v) is 19.7. The SMILES string of the molecule is CCN1CCN(c2ccccc2NC(=O)COc2ccc(C3SCCCS3)cc2)CC1. The van der Waals surface area contributed by atoms with Gasteiger partial charge in [-0.15, -0.1) is 23.5 Å². The molecule has 2 aliphatic heterocycles. The summed E-state index contributed by atoms with van der Waals surface area (Å²) < 4.78 is 6.27. The van der Waals surface area contributed by atoms with Crippen molar-refractivity contribution in [2.45, 2.75) is 17.9 Å². The predicted octanol–water partition coefficient (Wildman–Crippen LogP) is 4.71. The smallest absolute Gasteiger partial charge is 0.262 e. The maximum atomic E-state index is 12.6. The molecule has 7 heteroatoms. The normalized spacial score (nSPS) is 18.0. The van der Waals surface area contributed by atoms with Gasteiger partial charge in [0.25, 0.3) is 5.91 Å². The molecule has 2 aromatic rings. The van der Waals surface area contributed by atoms with E-state index < -0.39 is 0 Å². The van der Waals surface area contributed by atoms with E-state index in [1.54, 1.807) is 0 Å². The second-order valence-corrected chi connectivity index (χ2v) is 10.5. The maximum absolute atomic E-state index is 12.6. The van der Waals surface area contributed by atoms with Gasteiger partial charge in [-0.05, 0) is 54.3 Å². The third-order valence-corrected chi connectivity index (χ3v) is 8.70. The summed E-state index contributed by atoms with van der Waals surface area (Å²) in [4.78, 5) is 17.4. The third kappa shape index (κ3) is 6.11. The molecule has 0 bridgehead atoms. The van der Waals surface area contributed by atoms with Gasteiger partial charge in [-0.3, -0.25) is 4.79 Å². The first kappa shape index (κ1) is 22.4. The summed E-state index contributed by atoms with van der Waals surface area (Å²) in [5.74, 6) is 3.05. The van der Waals surface area contributed by atoms with Crippen LogP contribution >= 0.6 is 23.5 Å². The van der Waals surface area contributed by atoms with Crippen molar-refractivity contribution in [2.24, 2.45) is 0 Å². The highest BCUT2D eigenvalue weighted by Crippen LogP contribution is 2.43. The number of nitrogens with one attached hydrogen (secondary N) is 1. The fourth-order valence-electron chi connectivity index (χ4n) is 3.90. The summed E-state index contributed by atoms with van der Waals surface area (Å²) in [6, 6.07) is 16.2. The topological polar surface area (TPSA) is 44.8 Å². The number of para-hydroxylation sites is 2. The number of carbonyl (C=O) groups is 1. The van der Waals surface area contributed by atoms with E-state index in [0.717, 1.165) is 49.8 Å². The molecule has 2 heterocycles. The van der Waals surface area contributed by atoms with E-state index in [-0.39, 0.29) is 12.5 Å². The monoisotopic (exact) mass is 457 g/mol. The standard InChI is InChI=1S/C24H31N3O2S2/c1-2-26-12-14-27(15-13-26)22-7-4-3-6-21(22)25-23(28)18-29-20-10-8-19(9-11-20)24-30-16-5-17-31-24/h3-4,6-11,24H,2,5,12-18H2,1H3,(H,25,28). The van der Waals surface area contributed by atoms with Gasteiger partial charge in [-0.25, -0.2) is 0 Å². The van der Waals surface area contributed by atoms with E-state index in [4.69, 9.17) is 4.74 Å². The molecule has 1 N–H and O–H groups in total. The fourth-order valence-corrected chi connectivity index (χ4v) is 6.79. The quantitative estimate of drug-likeness (QED) is 0.649. The van der Waals surface area contributed by atoms with Crippen molar-refractivity contribution < 1.29 is 9.53 Å². The lowest BCUT2D eigenvalue weighted by Gasteiger charge is -2.36. The van der Waals surface area contributed by atoms with Gasteiger partial charge >= 0.3 is 0 Å². The molecule has 2 aromatic carbocycles. The first-order valence-electron chi connectivity index (χ1n) is 11.0. The minimum absolute atomic E-state index is 0.00419. The largest absolute Gasteiger partial charge is 0.484 e. The Bertz CT molecular complexity index is 848. The van der Waals surface area contributed by atoms with Crippen LogP contribution in [0, 0.1) is 0 Å². The van der Waals surface area contributed by atoms with Crippen LogP contribution < -0.4 is 15.0 Å². The van der Waals surface area contributed by atoms with Crippen molar-refractivity contribution in [1.82, 2.24) is 4.90 Å². The Kier molecular flexibility index (Phi) is 8.05. The van der Waals surface area contributed by atoms with Gasteiger partial charge in [-0.1, -0.05) is 31.2 Å². The number of ether oxygens (including phenoxy) is 1. The van der Waals surface area contributed by atoms with Crippen molar-refractivity contribution >= 4 is 40.8 Å². The highest BCUT2D eigenvalue weighted by Gasteiger charge is 2.19. The summed E-state index contributed by atoms with van der Waals surface area (Å²) >= 11 is 4.01. The molecule has 2 aliphatic rings. The highest BCUT2D eigenvalue weighted by atomic mass is 32.2. The summed E-state index contributed by atoms with van der Waals surface area (Å²) in [7, 11) is 0. The van der Waals surface area contributed by atoms with Crippen molar-refractivity contribution in [1.29, 1.82) is 0 Å². The van der Waals surface area contributed by atoms with E-state index in [1.807, 2.05) is 53.9 Å². The van der Waals surface area contributed by atoms with Crippen molar-refractivity contribution in [3.8, 4) is 5.75 Å². The molecule has 4 rings (SSSR count). The number of benzene rings is 2. The minimum atomic E-state index is -0.137. The first-order chi connectivity index (χ1) is 15.2. The number of piperazine rings is 1. The molecule has 31 heavy (non-hydrogen) atoms. The molecular weight excluding hydrogens is 426 g/mol. The van der Waals surface area contributed by atoms with Crippen LogP contribution in [0.25, 0.3) is 0 Å². The Morgan fingerprint density at radius 2 is 1.74 bits per heavy atom. The average molecular weight is 458 g/mol. The lowest BCUT2D eigenvalue weighted by molar-refractivity contribution is -0.118. The van der Waals surface area contributed by atoms with E-state index in [0.29, 0.717) is 4.58 Å². The van der Waals surface area contributed by atoms with Crippen LogP contribution in [0.3, 0.4) is 0 Å². The molecule has 0 atom stereocenters. The van der Waals surface area contributed by atoms with E-state index in [2.05, 4.69) is 40.2 Å². The van der Waals surface area contributed by atoms with Crippen LogP contribution in [-0.4, -0.2) is 61.6 Å². The van der Waals surface area contributed by atoms with Crippen LogP contribution in [0.15, 0.2) is 48.5 Å². The molecule has 0 spiro atoms. The molecule has 0 unspecified atom stereocenters. The van der Waals surface area contributed by atoms with Crippen LogP contribution in [0.2, 0.25) is 0 Å². The van der Waals surface area contributed by atoms with Crippen LogP contribution in [-0.2, 0) is 4.79 Å². The number of hydrogen-bond acceptors (Lipinski definition) is 6. The second kappa shape index (κ2) is 11.2. The van der Waals surface area contributed by atoms with Crippen LogP contribution in [0.4, 0.5) is 11.4 Å². The van der Waals surface area contributed by atoms with Crippen LogP contribution in [0.5, 0.6) is 5.75 Å². The number of amides is 1. The number of likely N-dealkylation sites (N-methyl/N-ethyl adjacent to an activating group) is 1. The number of anilines is 2. The van der Waals surface area contributed by atoms with Gasteiger partial charge < -0.3 is 19.9 Å². The van der Waals surface area contributed by atoms with E-state index in [9.17, 15) is 4.79 Å². The molecule has 0 radical (unpaired) electrons. The third-order valence-electron chi connectivity index (χ3n) is 5.69. The van der Waals surface area contributed by atoms with Crippen molar-refractivity contribution in [3.05, 3.63) is 54.1 Å².